The Morgan fingerprint density at radius 1 is 1.52 bits per heavy atom. The van der Waals surface area contributed by atoms with Crippen molar-refractivity contribution in [3.63, 3.8) is 0 Å². The zero-order valence-electron chi connectivity index (χ0n) is 12.4. The summed E-state index contributed by atoms with van der Waals surface area (Å²) >= 11 is 5.63. The number of hydrogen-bond acceptors (Lipinski definition) is 4. The zero-order valence-corrected chi connectivity index (χ0v) is 14.8. The van der Waals surface area contributed by atoms with Gasteiger partial charge in [0, 0.05) is 30.7 Å². The second-order valence-corrected chi connectivity index (χ2v) is 7.78. The number of benzene rings is 1. The number of thioether (sulfide) groups is 1. The van der Waals surface area contributed by atoms with E-state index >= 15 is 0 Å². The van der Waals surface area contributed by atoms with Crippen molar-refractivity contribution in [3.05, 3.63) is 28.2 Å². The molecule has 3 nitrogen and oxygen atoms in total. The van der Waals surface area contributed by atoms with Crippen LogP contribution in [0.3, 0.4) is 0 Å². The molecule has 0 aliphatic carbocycles. The van der Waals surface area contributed by atoms with E-state index in [0.29, 0.717) is 0 Å². The fourth-order valence-corrected chi connectivity index (χ4v) is 5.01. The smallest absolute Gasteiger partial charge is 0.138 e. The Hall–Kier alpha value is -0.230. The Morgan fingerprint density at radius 2 is 2.43 bits per heavy atom. The molecule has 0 aromatic heterocycles. The van der Waals surface area contributed by atoms with E-state index < -0.39 is 0 Å². The predicted octanol–water partition coefficient (Wildman–Crippen LogP) is 3.60. The van der Waals surface area contributed by atoms with E-state index in [-0.39, 0.29) is 11.7 Å². The quantitative estimate of drug-likeness (QED) is 0.875. The Morgan fingerprint density at radius 3 is 3.19 bits per heavy atom. The maximum Gasteiger partial charge on any atom is 0.138 e. The minimum atomic E-state index is 0.0675. The van der Waals surface area contributed by atoms with Crippen molar-refractivity contribution >= 4 is 27.7 Å². The van der Waals surface area contributed by atoms with Crippen LogP contribution in [0.2, 0.25) is 0 Å². The summed E-state index contributed by atoms with van der Waals surface area (Å²) < 4.78 is 13.5. The van der Waals surface area contributed by atoms with Crippen LogP contribution in [-0.2, 0) is 11.3 Å². The van der Waals surface area contributed by atoms with E-state index in [2.05, 4.69) is 39.4 Å². The van der Waals surface area contributed by atoms with Gasteiger partial charge in [0.2, 0.25) is 0 Å². The molecular weight excluding hydrogens is 350 g/mol. The van der Waals surface area contributed by atoms with Gasteiger partial charge in [-0.2, -0.15) is 11.8 Å². The average Bonchev–Trinajstić information content (AvgIpc) is 2.91. The molecule has 2 saturated heterocycles. The topological polar surface area (TPSA) is 30.5 Å². The molecule has 1 aromatic rings. The SMILES string of the molecule is CNCc1cccc(Br)c1OC1CCOC2(CCSC2)C1. The summed E-state index contributed by atoms with van der Waals surface area (Å²) in [4.78, 5) is 0. The second-order valence-electron chi connectivity index (χ2n) is 5.83. The van der Waals surface area contributed by atoms with Gasteiger partial charge in [0.15, 0.2) is 0 Å². The molecule has 0 radical (unpaired) electrons. The van der Waals surface area contributed by atoms with Gasteiger partial charge in [-0.1, -0.05) is 12.1 Å². The summed E-state index contributed by atoms with van der Waals surface area (Å²) in [5.74, 6) is 3.32. The molecule has 2 fully saturated rings. The summed E-state index contributed by atoms with van der Waals surface area (Å²) in [7, 11) is 1.96. The van der Waals surface area contributed by atoms with Gasteiger partial charge in [-0.05, 0) is 41.2 Å². The highest BCUT2D eigenvalue weighted by atomic mass is 79.9. The third-order valence-corrected chi connectivity index (χ3v) is 6.06. The lowest BCUT2D eigenvalue weighted by Gasteiger charge is -2.38. The van der Waals surface area contributed by atoms with Crippen molar-refractivity contribution in [2.75, 3.05) is 25.2 Å². The highest BCUT2D eigenvalue weighted by Gasteiger charge is 2.41. The van der Waals surface area contributed by atoms with Crippen LogP contribution in [0.15, 0.2) is 22.7 Å². The molecule has 2 atom stereocenters. The first-order chi connectivity index (χ1) is 10.2. The van der Waals surface area contributed by atoms with Crippen LogP contribution in [0.25, 0.3) is 0 Å². The fourth-order valence-electron chi connectivity index (χ4n) is 3.13. The van der Waals surface area contributed by atoms with E-state index in [1.807, 2.05) is 18.8 Å². The average molecular weight is 372 g/mol. The van der Waals surface area contributed by atoms with E-state index in [0.717, 1.165) is 48.4 Å². The maximum atomic E-state index is 6.38. The molecule has 1 N–H and O–H groups in total. The number of ether oxygens (including phenoxy) is 2. The summed E-state index contributed by atoms with van der Waals surface area (Å²) in [5.41, 5.74) is 1.27. The minimum absolute atomic E-state index is 0.0675. The van der Waals surface area contributed by atoms with Crippen LogP contribution in [0.4, 0.5) is 0 Å². The molecule has 2 aliphatic heterocycles. The molecule has 0 amide bonds. The van der Waals surface area contributed by atoms with Crippen LogP contribution in [-0.4, -0.2) is 36.9 Å². The van der Waals surface area contributed by atoms with Crippen LogP contribution in [0.1, 0.15) is 24.8 Å². The highest BCUT2D eigenvalue weighted by Crippen LogP contribution is 2.40. The van der Waals surface area contributed by atoms with Crippen molar-refractivity contribution in [1.29, 1.82) is 0 Å². The van der Waals surface area contributed by atoms with Gasteiger partial charge in [-0.25, -0.2) is 0 Å². The Kier molecular flexibility index (Phi) is 5.15. The molecule has 2 heterocycles. The van der Waals surface area contributed by atoms with Gasteiger partial charge in [-0.3, -0.25) is 0 Å². The van der Waals surface area contributed by atoms with E-state index in [4.69, 9.17) is 9.47 Å². The first-order valence-corrected chi connectivity index (χ1v) is 9.47. The number of hydrogen-bond donors (Lipinski definition) is 1. The first kappa shape index (κ1) is 15.7. The third kappa shape index (κ3) is 3.58. The summed E-state index contributed by atoms with van der Waals surface area (Å²) in [6.07, 6.45) is 3.41. The van der Waals surface area contributed by atoms with Crippen molar-refractivity contribution in [1.82, 2.24) is 5.32 Å². The minimum Gasteiger partial charge on any atom is -0.489 e. The molecule has 1 spiro atoms. The van der Waals surface area contributed by atoms with Gasteiger partial charge in [-0.15, -0.1) is 0 Å². The van der Waals surface area contributed by atoms with Crippen LogP contribution < -0.4 is 10.1 Å². The van der Waals surface area contributed by atoms with Crippen LogP contribution in [0, 0.1) is 0 Å². The zero-order chi connectivity index (χ0) is 14.7. The summed E-state index contributed by atoms with van der Waals surface area (Å²) in [6, 6.07) is 6.23. The summed E-state index contributed by atoms with van der Waals surface area (Å²) in [5, 5.41) is 3.21. The van der Waals surface area contributed by atoms with E-state index in [1.165, 1.54) is 11.3 Å². The second kappa shape index (κ2) is 6.90. The van der Waals surface area contributed by atoms with Crippen molar-refractivity contribution < 1.29 is 9.47 Å². The van der Waals surface area contributed by atoms with Gasteiger partial charge in [0.1, 0.15) is 11.9 Å². The number of rotatable bonds is 4. The number of halogens is 1. The Balaban J connectivity index is 1.74. The molecule has 3 rings (SSSR count). The normalized spacial score (nSPS) is 29.0. The van der Waals surface area contributed by atoms with Crippen LogP contribution in [0.5, 0.6) is 5.75 Å². The van der Waals surface area contributed by atoms with Crippen LogP contribution >= 0.6 is 27.7 Å². The van der Waals surface area contributed by atoms with Crippen molar-refractivity contribution in [2.45, 2.75) is 37.5 Å². The molecule has 2 aliphatic rings. The standard InChI is InChI=1S/C16H22BrNO2S/c1-18-10-12-3-2-4-14(17)15(12)20-13-5-7-19-16(9-13)6-8-21-11-16/h2-4,13,18H,5-11H2,1H3. The van der Waals surface area contributed by atoms with Gasteiger partial charge in [0.25, 0.3) is 0 Å². The molecule has 116 valence electrons. The molecule has 1 aromatic carbocycles. The molecule has 0 saturated carbocycles. The number of nitrogens with one attached hydrogen (secondary N) is 1. The Bertz CT molecular complexity index is 491. The molecule has 0 bridgehead atoms. The molecule has 2 unspecified atom stereocenters. The maximum absolute atomic E-state index is 6.38. The van der Waals surface area contributed by atoms with E-state index in [9.17, 15) is 0 Å². The molecular formula is C16H22BrNO2S. The van der Waals surface area contributed by atoms with Crippen molar-refractivity contribution in [3.8, 4) is 5.75 Å². The van der Waals surface area contributed by atoms with Gasteiger partial charge in [0.05, 0.1) is 16.7 Å². The lowest BCUT2D eigenvalue weighted by atomic mass is 9.91. The fraction of sp³-hybridized carbons (Fsp3) is 0.625. The first-order valence-electron chi connectivity index (χ1n) is 7.53. The highest BCUT2D eigenvalue weighted by molar-refractivity contribution is 9.10. The van der Waals surface area contributed by atoms with Crippen molar-refractivity contribution in [2.24, 2.45) is 0 Å². The lowest BCUT2D eigenvalue weighted by molar-refractivity contribution is -0.0961. The third-order valence-electron chi connectivity index (χ3n) is 4.22. The van der Waals surface area contributed by atoms with E-state index in [1.54, 1.807) is 0 Å². The number of para-hydroxylation sites is 1. The largest absolute Gasteiger partial charge is 0.489 e. The predicted molar refractivity (Wildman–Crippen MR) is 91.2 cm³/mol. The lowest BCUT2D eigenvalue weighted by Crippen LogP contribution is -2.44. The molecule has 5 heteroatoms. The van der Waals surface area contributed by atoms with Gasteiger partial charge < -0.3 is 14.8 Å². The monoisotopic (exact) mass is 371 g/mol. The molecule has 21 heavy (non-hydrogen) atoms. The summed E-state index contributed by atoms with van der Waals surface area (Å²) in [6.45, 7) is 1.63. The Labute approximate surface area is 139 Å². The van der Waals surface area contributed by atoms with Gasteiger partial charge >= 0.3 is 0 Å².